The summed E-state index contributed by atoms with van der Waals surface area (Å²) in [5.41, 5.74) is 7.32. The van der Waals surface area contributed by atoms with E-state index in [1.807, 2.05) is 26.8 Å². The van der Waals surface area contributed by atoms with Crippen molar-refractivity contribution in [1.82, 2.24) is 0 Å². The fourth-order valence-corrected chi connectivity index (χ4v) is 7.20. The average Bonchev–Trinajstić information content (AvgIpc) is 3.75. The lowest BCUT2D eigenvalue weighted by molar-refractivity contribution is -0.0410. The average molecular weight is 661 g/mol. The molecule has 0 radical (unpaired) electrons. The van der Waals surface area contributed by atoms with Crippen LogP contribution in [0.25, 0.3) is 0 Å². The van der Waals surface area contributed by atoms with E-state index in [9.17, 15) is 8.78 Å². The molecule has 0 N–H and O–H groups in total. The molecule has 3 aliphatic heterocycles. The van der Waals surface area contributed by atoms with Crippen molar-refractivity contribution in [3.63, 3.8) is 0 Å². The Morgan fingerprint density at radius 3 is 1.31 bits per heavy atom. The van der Waals surface area contributed by atoms with Gasteiger partial charge < -0.3 is 14.2 Å². The Bertz CT molecular complexity index is 1390. The first-order valence-electron chi connectivity index (χ1n) is 17.9. The molecule has 1 fully saturated rings. The van der Waals surface area contributed by atoms with Gasteiger partial charge in [0.15, 0.2) is 0 Å². The number of fused-ring (bicyclic) bond motifs is 4. The van der Waals surface area contributed by atoms with E-state index in [-0.39, 0.29) is 40.3 Å². The SMILES string of the molecule is CC(C)(C)c1cccc2c1OCCC2(C)C.CC(C)(C)c1cccc2c1OCCC2(F)F.CC(C)(C)c1cccc2c1OCCC21CC1. The van der Waals surface area contributed by atoms with E-state index in [4.69, 9.17) is 14.2 Å². The van der Waals surface area contributed by atoms with Crippen LogP contribution in [0.3, 0.4) is 0 Å². The first kappa shape index (κ1) is 36.2. The molecule has 1 saturated carbocycles. The second kappa shape index (κ2) is 12.7. The molecule has 3 nitrogen and oxygen atoms in total. The minimum Gasteiger partial charge on any atom is -0.493 e. The van der Waals surface area contributed by atoms with Crippen LogP contribution in [-0.4, -0.2) is 19.8 Å². The molecule has 0 aromatic heterocycles. The molecule has 48 heavy (non-hydrogen) atoms. The van der Waals surface area contributed by atoms with Gasteiger partial charge in [0.05, 0.1) is 31.8 Å². The van der Waals surface area contributed by atoms with Gasteiger partial charge >= 0.3 is 0 Å². The summed E-state index contributed by atoms with van der Waals surface area (Å²) >= 11 is 0. The van der Waals surface area contributed by atoms with Crippen molar-refractivity contribution in [1.29, 1.82) is 0 Å². The Balaban J connectivity index is 0.000000141. The van der Waals surface area contributed by atoms with Gasteiger partial charge in [0.2, 0.25) is 0 Å². The van der Waals surface area contributed by atoms with E-state index in [0.29, 0.717) is 11.2 Å². The topological polar surface area (TPSA) is 27.7 Å². The zero-order chi connectivity index (χ0) is 35.3. The predicted molar refractivity (Wildman–Crippen MR) is 194 cm³/mol. The summed E-state index contributed by atoms with van der Waals surface area (Å²) in [6.45, 7) is 26.0. The molecule has 0 unspecified atom stereocenters. The Morgan fingerprint density at radius 2 is 0.854 bits per heavy atom. The number of benzene rings is 3. The van der Waals surface area contributed by atoms with E-state index in [1.54, 1.807) is 6.07 Å². The number of alkyl halides is 2. The fourth-order valence-electron chi connectivity index (χ4n) is 7.20. The van der Waals surface area contributed by atoms with Crippen LogP contribution >= 0.6 is 0 Å². The van der Waals surface area contributed by atoms with E-state index in [2.05, 4.69) is 91.8 Å². The summed E-state index contributed by atoms with van der Waals surface area (Å²) in [4.78, 5) is 0. The van der Waals surface area contributed by atoms with E-state index in [0.717, 1.165) is 30.9 Å². The zero-order valence-electron chi connectivity index (χ0n) is 31.3. The first-order chi connectivity index (χ1) is 22.2. The van der Waals surface area contributed by atoms with Crippen molar-refractivity contribution in [3.05, 3.63) is 88.0 Å². The Labute approximate surface area is 288 Å². The molecule has 7 rings (SSSR count). The summed E-state index contributed by atoms with van der Waals surface area (Å²) < 4.78 is 44.7. The zero-order valence-corrected chi connectivity index (χ0v) is 31.3. The maximum atomic E-state index is 13.7. The largest absolute Gasteiger partial charge is 0.493 e. The molecular formula is C43H58F2O3. The molecule has 0 bridgehead atoms. The lowest BCUT2D eigenvalue weighted by Gasteiger charge is -2.35. The minimum absolute atomic E-state index is 0.0335. The van der Waals surface area contributed by atoms with Crippen LogP contribution in [0.15, 0.2) is 54.6 Å². The van der Waals surface area contributed by atoms with Crippen molar-refractivity contribution in [2.24, 2.45) is 0 Å². The van der Waals surface area contributed by atoms with Gasteiger partial charge in [-0.1, -0.05) is 125 Å². The van der Waals surface area contributed by atoms with Crippen LogP contribution in [0.2, 0.25) is 0 Å². The van der Waals surface area contributed by atoms with Crippen LogP contribution < -0.4 is 14.2 Å². The van der Waals surface area contributed by atoms with Crippen LogP contribution in [0, 0.1) is 0 Å². The highest BCUT2D eigenvalue weighted by Crippen LogP contribution is 2.57. The number of para-hydroxylation sites is 3. The van der Waals surface area contributed by atoms with Gasteiger partial charge in [-0.15, -0.1) is 0 Å². The standard InChI is InChI=1S/C15H20O.C15H22O.C13H16F2O/c1-14(2,3)11-5-4-6-12-13(11)16-10-9-15(12)7-8-15;1-14(2,3)11-7-6-8-12-13(11)16-10-9-15(12,4)5;1-12(2,3)9-5-4-6-10-11(9)16-8-7-13(10,14)15/h4-6H,7-10H2,1-3H3;6-8H,9-10H2,1-5H3;4-6H,7-8H2,1-3H3. The van der Waals surface area contributed by atoms with Crippen LogP contribution in [0.4, 0.5) is 8.78 Å². The number of hydrogen-bond acceptors (Lipinski definition) is 3. The lowest BCUT2D eigenvalue weighted by atomic mass is 9.76. The van der Waals surface area contributed by atoms with E-state index in [1.165, 1.54) is 53.3 Å². The molecule has 262 valence electrons. The molecule has 3 aromatic rings. The summed E-state index contributed by atoms with van der Waals surface area (Å²) in [5.74, 6) is -0.0503. The second-order valence-electron chi connectivity index (χ2n) is 18.0. The maximum Gasteiger partial charge on any atom is 0.280 e. The molecule has 0 saturated heterocycles. The minimum atomic E-state index is -2.76. The number of halogens is 2. The third-order valence-electron chi connectivity index (χ3n) is 10.5. The summed E-state index contributed by atoms with van der Waals surface area (Å²) in [7, 11) is 0. The second-order valence-corrected chi connectivity index (χ2v) is 18.0. The number of rotatable bonds is 0. The summed E-state index contributed by atoms with van der Waals surface area (Å²) in [5, 5.41) is 0. The monoisotopic (exact) mass is 660 g/mol. The molecule has 5 heteroatoms. The van der Waals surface area contributed by atoms with Crippen molar-refractivity contribution in [3.8, 4) is 17.2 Å². The summed E-state index contributed by atoms with van der Waals surface area (Å²) in [6.07, 6.45) is 4.81. The maximum absolute atomic E-state index is 13.7. The van der Waals surface area contributed by atoms with Gasteiger partial charge in [-0.2, -0.15) is 0 Å². The highest BCUT2D eigenvalue weighted by atomic mass is 19.3. The lowest BCUT2D eigenvalue weighted by Crippen LogP contribution is -2.28. The van der Waals surface area contributed by atoms with Gasteiger partial charge in [-0.25, -0.2) is 8.78 Å². The normalized spacial score (nSPS) is 19.7. The smallest absolute Gasteiger partial charge is 0.280 e. The van der Waals surface area contributed by atoms with Crippen molar-refractivity contribution in [2.75, 3.05) is 19.8 Å². The predicted octanol–water partition coefficient (Wildman–Crippen LogP) is 11.7. The van der Waals surface area contributed by atoms with E-state index >= 15 is 0 Å². The highest BCUT2D eigenvalue weighted by molar-refractivity contribution is 5.52. The molecule has 0 amide bonds. The molecule has 3 aromatic carbocycles. The Kier molecular flexibility index (Phi) is 9.55. The van der Waals surface area contributed by atoms with Crippen molar-refractivity contribution in [2.45, 2.75) is 141 Å². The van der Waals surface area contributed by atoms with Crippen LogP contribution in [0.5, 0.6) is 17.2 Å². The molecule has 1 spiro atoms. The van der Waals surface area contributed by atoms with Gasteiger partial charge in [-0.3, -0.25) is 0 Å². The highest BCUT2D eigenvalue weighted by Gasteiger charge is 2.48. The molecular weight excluding hydrogens is 602 g/mol. The van der Waals surface area contributed by atoms with Gasteiger partial charge in [0, 0.05) is 16.5 Å². The third kappa shape index (κ3) is 7.41. The van der Waals surface area contributed by atoms with Crippen molar-refractivity contribution >= 4 is 0 Å². The summed E-state index contributed by atoms with van der Waals surface area (Å²) in [6, 6.07) is 18.3. The number of ether oxygens (including phenoxy) is 3. The van der Waals surface area contributed by atoms with Gasteiger partial charge in [0.25, 0.3) is 5.92 Å². The molecule has 3 heterocycles. The Hall–Kier alpha value is -3.08. The molecule has 0 atom stereocenters. The quantitative estimate of drug-likeness (QED) is 0.240. The Morgan fingerprint density at radius 1 is 0.479 bits per heavy atom. The van der Waals surface area contributed by atoms with Crippen LogP contribution in [-0.2, 0) is 33.0 Å². The van der Waals surface area contributed by atoms with Gasteiger partial charge in [-0.05, 0) is 70.1 Å². The first-order valence-corrected chi connectivity index (χ1v) is 17.9. The molecule has 4 aliphatic rings. The number of hydrogen-bond donors (Lipinski definition) is 0. The van der Waals surface area contributed by atoms with Crippen molar-refractivity contribution < 1.29 is 23.0 Å². The molecule has 1 aliphatic carbocycles. The fraction of sp³-hybridized carbons (Fsp3) is 0.581. The van der Waals surface area contributed by atoms with Gasteiger partial charge in [0.1, 0.15) is 17.2 Å². The third-order valence-corrected chi connectivity index (χ3v) is 10.5. The van der Waals surface area contributed by atoms with E-state index < -0.39 is 5.92 Å². The van der Waals surface area contributed by atoms with Crippen LogP contribution in [0.1, 0.15) is 142 Å².